The van der Waals surface area contributed by atoms with E-state index in [1.54, 1.807) is 0 Å². The third kappa shape index (κ3) is 9.57. The van der Waals surface area contributed by atoms with Gasteiger partial charge in [-0.15, -0.1) is 0 Å². The van der Waals surface area contributed by atoms with E-state index in [-0.39, 0.29) is 0 Å². The quantitative estimate of drug-likeness (QED) is 0.557. The van der Waals surface area contributed by atoms with Crippen LogP contribution in [0.25, 0.3) is 0 Å². The molecule has 0 spiro atoms. The van der Waals surface area contributed by atoms with Crippen molar-refractivity contribution in [3.8, 4) is 0 Å². The minimum atomic E-state index is 1.18. The van der Waals surface area contributed by atoms with E-state index in [0.29, 0.717) is 0 Å². The van der Waals surface area contributed by atoms with Gasteiger partial charge >= 0.3 is 0 Å². The van der Waals surface area contributed by atoms with Crippen LogP contribution < -0.4 is 0 Å². The summed E-state index contributed by atoms with van der Waals surface area (Å²) < 4.78 is 0. The topological polar surface area (TPSA) is 6.48 Å². The van der Waals surface area contributed by atoms with Crippen molar-refractivity contribution in [1.29, 1.82) is 0 Å². The van der Waals surface area contributed by atoms with Crippen molar-refractivity contribution >= 4 is 0 Å². The van der Waals surface area contributed by atoms with E-state index in [1.165, 1.54) is 32.5 Å². The molecule has 0 rings (SSSR count). The van der Waals surface area contributed by atoms with E-state index in [9.17, 15) is 0 Å². The molecule has 0 saturated carbocycles. The van der Waals surface area contributed by atoms with E-state index >= 15 is 0 Å². The molecular formula is C11H24N2. The van der Waals surface area contributed by atoms with Gasteiger partial charge in [-0.3, -0.25) is 0 Å². The Bertz CT molecular complexity index is 130. The highest BCUT2D eigenvalue weighted by molar-refractivity contribution is 4.77. The first-order valence-electron chi connectivity index (χ1n) is 5.11. The van der Waals surface area contributed by atoms with Gasteiger partial charge in [0.1, 0.15) is 0 Å². The number of allylic oxidation sites excluding steroid dienone is 1. The van der Waals surface area contributed by atoms with Crippen LogP contribution in [-0.2, 0) is 0 Å². The zero-order valence-corrected chi connectivity index (χ0v) is 9.58. The standard InChI is InChI=1S/C11H24N2/c1-5-6-7-10-13(4)11-8-9-12(2)3/h5-6H,7-11H2,1-4H3/b6-5-. The highest BCUT2D eigenvalue weighted by atomic mass is 15.1. The van der Waals surface area contributed by atoms with Gasteiger partial charge in [0.2, 0.25) is 0 Å². The zero-order valence-electron chi connectivity index (χ0n) is 9.58. The Morgan fingerprint density at radius 1 is 1.00 bits per heavy atom. The number of hydrogen-bond acceptors (Lipinski definition) is 2. The van der Waals surface area contributed by atoms with Crippen LogP contribution in [0, 0.1) is 0 Å². The number of nitrogens with zero attached hydrogens (tertiary/aromatic N) is 2. The smallest absolute Gasteiger partial charge is 0.00129 e. The summed E-state index contributed by atoms with van der Waals surface area (Å²) >= 11 is 0. The Morgan fingerprint density at radius 3 is 2.23 bits per heavy atom. The predicted molar refractivity (Wildman–Crippen MR) is 60.1 cm³/mol. The average molecular weight is 184 g/mol. The highest BCUT2D eigenvalue weighted by Gasteiger charge is 1.96. The maximum Gasteiger partial charge on any atom is 0.00129 e. The monoisotopic (exact) mass is 184 g/mol. The molecule has 0 radical (unpaired) electrons. The Balaban J connectivity index is 3.24. The Labute approximate surface area is 83.2 Å². The van der Waals surface area contributed by atoms with Crippen molar-refractivity contribution in [3.05, 3.63) is 12.2 Å². The molecule has 0 aromatic rings. The summed E-state index contributed by atoms with van der Waals surface area (Å²) in [7, 11) is 6.44. The maximum atomic E-state index is 2.39. The zero-order chi connectivity index (χ0) is 10.1. The molecule has 0 saturated heterocycles. The van der Waals surface area contributed by atoms with E-state index in [1.807, 2.05) is 0 Å². The molecule has 0 aliphatic heterocycles. The molecule has 0 aromatic heterocycles. The van der Waals surface area contributed by atoms with Crippen LogP contribution in [0.4, 0.5) is 0 Å². The lowest BCUT2D eigenvalue weighted by molar-refractivity contribution is 0.304. The minimum Gasteiger partial charge on any atom is -0.309 e. The summed E-state index contributed by atoms with van der Waals surface area (Å²) in [5, 5.41) is 0. The van der Waals surface area contributed by atoms with E-state index in [0.717, 1.165) is 0 Å². The van der Waals surface area contributed by atoms with Gasteiger partial charge in [0.05, 0.1) is 0 Å². The van der Waals surface area contributed by atoms with Gasteiger partial charge in [0.25, 0.3) is 0 Å². The number of hydrogen-bond donors (Lipinski definition) is 0. The molecule has 2 nitrogen and oxygen atoms in total. The van der Waals surface area contributed by atoms with Crippen molar-refractivity contribution in [2.75, 3.05) is 40.8 Å². The summed E-state index contributed by atoms with van der Waals surface area (Å²) in [6, 6.07) is 0. The lowest BCUT2D eigenvalue weighted by Gasteiger charge is -2.17. The molecule has 0 N–H and O–H groups in total. The Hall–Kier alpha value is -0.340. The molecular weight excluding hydrogens is 160 g/mol. The lowest BCUT2D eigenvalue weighted by atomic mass is 10.3. The van der Waals surface area contributed by atoms with Crippen LogP contribution in [0.3, 0.4) is 0 Å². The summed E-state index contributed by atoms with van der Waals surface area (Å²) in [6.07, 6.45) is 6.78. The second-order valence-electron chi connectivity index (χ2n) is 3.82. The van der Waals surface area contributed by atoms with Gasteiger partial charge in [0, 0.05) is 6.54 Å². The van der Waals surface area contributed by atoms with Gasteiger partial charge in [-0.25, -0.2) is 0 Å². The van der Waals surface area contributed by atoms with Gasteiger partial charge in [-0.05, 0) is 54.0 Å². The molecule has 0 fully saturated rings. The summed E-state index contributed by atoms with van der Waals surface area (Å²) in [4.78, 5) is 4.63. The molecule has 0 aliphatic rings. The first kappa shape index (κ1) is 12.7. The molecule has 2 heteroatoms. The van der Waals surface area contributed by atoms with E-state index < -0.39 is 0 Å². The van der Waals surface area contributed by atoms with Crippen molar-refractivity contribution in [1.82, 2.24) is 9.80 Å². The fourth-order valence-electron chi connectivity index (χ4n) is 1.23. The normalized spacial score (nSPS) is 12.2. The molecule has 0 aliphatic carbocycles. The molecule has 0 bridgehead atoms. The van der Waals surface area contributed by atoms with Gasteiger partial charge < -0.3 is 9.80 Å². The second-order valence-corrected chi connectivity index (χ2v) is 3.82. The second kappa shape index (κ2) is 8.27. The van der Waals surface area contributed by atoms with Crippen molar-refractivity contribution < 1.29 is 0 Å². The lowest BCUT2D eigenvalue weighted by Crippen LogP contribution is -2.24. The summed E-state index contributed by atoms with van der Waals surface area (Å²) in [5.74, 6) is 0. The van der Waals surface area contributed by atoms with Gasteiger partial charge in [0.15, 0.2) is 0 Å². The maximum absolute atomic E-state index is 2.39. The van der Waals surface area contributed by atoms with Crippen molar-refractivity contribution in [2.45, 2.75) is 19.8 Å². The van der Waals surface area contributed by atoms with Gasteiger partial charge in [-0.1, -0.05) is 12.2 Å². The summed E-state index contributed by atoms with van der Waals surface area (Å²) in [6.45, 7) is 5.65. The summed E-state index contributed by atoms with van der Waals surface area (Å²) in [5.41, 5.74) is 0. The van der Waals surface area contributed by atoms with Crippen LogP contribution in [0.15, 0.2) is 12.2 Å². The minimum absolute atomic E-state index is 1.18. The Morgan fingerprint density at radius 2 is 1.69 bits per heavy atom. The van der Waals surface area contributed by atoms with Crippen molar-refractivity contribution in [3.63, 3.8) is 0 Å². The molecule has 78 valence electrons. The molecule has 13 heavy (non-hydrogen) atoms. The fourth-order valence-corrected chi connectivity index (χ4v) is 1.23. The third-order valence-corrected chi connectivity index (χ3v) is 2.06. The Kier molecular flexibility index (Phi) is 8.05. The van der Waals surface area contributed by atoms with Crippen LogP contribution in [-0.4, -0.2) is 50.6 Å². The van der Waals surface area contributed by atoms with E-state index in [4.69, 9.17) is 0 Å². The van der Waals surface area contributed by atoms with Crippen LogP contribution >= 0.6 is 0 Å². The van der Waals surface area contributed by atoms with Crippen LogP contribution in [0.2, 0.25) is 0 Å². The molecule has 0 aromatic carbocycles. The highest BCUT2D eigenvalue weighted by Crippen LogP contribution is 1.92. The fraction of sp³-hybridized carbons (Fsp3) is 0.818. The number of rotatable bonds is 7. The molecule has 0 atom stereocenters. The predicted octanol–water partition coefficient (Wildman–Crippen LogP) is 1.84. The van der Waals surface area contributed by atoms with Crippen molar-refractivity contribution in [2.24, 2.45) is 0 Å². The first-order valence-corrected chi connectivity index (χ1v) is 5.11. The molecule has 0 heterocycles. The average Bonchev–Trinajstić information content (AvgIpc) is 2.04. The molecule has 0 amide bonds. The molecule has 0 unspecified atom stereocenters. The SMILES string of the molecule is C/C=C\CCN(C)CCCN(C)C. The largest absolute Gasteiger partial charge is 0.309 e. The van der Waals surface area contributed by atoms with Gasteiger partial charge in [-0.2, -0.15) is 0 Å². The van der Waals surface area contributed by atoms with Crippen LogP contribution in [0.5, 0.6) is 0 Å². The third-order valence-electron chi connectivity index (χ3n) is 2.06. The van der Waals surface area contributed by atoms with E-state index in [2.05, 4.69) is 50.0 Å². The first-order chi connectivity index (χ1) is 6.16. The van der Waals surface area contributed by atoms with Crippen LogP contribution in [0.1, 0.15) is 19.8 Å².